The predicted octanol–water partition coefficient (Wildman–Crippen LogP) is 2.74. The average molecular weight is 419 g/mol. The summed E-state index contributed by atoms with van der Waals surface area (Å²) in [6.07, 6.45) is 10.8. The Labute approximate surface area is 180 Å². The molecule has 4 aliphatic rings. The standard InChI is InChI=1S/C23H38N4O3/c1-2-13-25-16-11-23(12-17-25)21(29)27(22(30)24-23)19-9-14-26(15-10-19)20(28)8-7-18-5-3-4-6-18/h18-19H,2-17H2,1H3,(H,24,30). The van der Waals surface area contributed by atoms with Crippen molar-refractivity contribution in [2.24, 2.45) is 5.92 Å². The van der Waals surface area contributed by atoms with Gasteiger partial charge in [-0.25, -0.2) is 4.79 Å². The minimum Gasteiger partial charge on any atom is -0.343 e. The number of amides is 4. The highest BCUT2D eigenvalue weighted by Crippen LogP contribution is 2.33. The number of rotatable bonds is 6. The summed E-state index contributed by atoms with van der Waals surface area (Å²) >= 11 is 0. The van der Waals surface area contributed by atoms with Gasteiger partial charge in [0.05, 0.1) is 0 Å². The van der Waals surface area contributed by atoms with Crippen LogP contribution in [0.3, 0.4) is 0 Å². The van der Waals surface area contributed by atoms with Gasteiger partial charge in [0.2, 0.25) is 5.91 Å². The number of carbonyl (C=O) groups is 3. The molecule has 30 heavy (non-hydrogen) atoms. The third-order valence-electron chi connectivity index (χ3n) is 7.87. The molecular weight excluding hydrogens is 380 g/mol. The highest BCUT2D eigenvalue weighted by atomic mass is 16.2. The average Bonchev–Trinajstić information content (AvgIpc) is 3.35. The van der Waals surface area contributed by atoms with Crippen LogP contribution in [0.4, 0.5) is 4.79 Å². The van der Waals surface area contributed by atoms with E-state index in [4.69, 9.17) is 0 Å². The Hall–Kier alpha value is -1.63. The fourth-order valence-electron chi connectivity index (χ4n) is 5.94. The summed E-state index contributed by atoms with van der Waals surface area (Å²) in [6, 6.07) is -0.306. The molecule has 7 nitrogen and oxygen atoms in total. The molecule has 0 aromatic heterocycles. The van der Waals surface area contributed by atoms with Gasteiger partial charge in [0.1, 0.15) is 5.54 Å². The van der Waals surface area contributed by atoms with Crippen molar-refractivity contribution >= 4 is 17.8 Å². The summed E-state index contributed by atoms with van der Waals surface area (Å²) in [5, 5.41) is 3.04. The van der Waals surface area contributed by atoms with E-state index in [9.17, 15) is 14.4 Å². The lowest BCUT2D eigenvalue weighted by atomic mass is 9.87. The van der Waals surface area contributed by atoms with Gasteiger partial charge in [0, 0.05) is 38.6 Å². The molecule has 0 radical (unpaired) electrons. The zero-order valence-electron chi connectivity index (χ0n) is 18.5. The number of likely N-dealkylation sites (tertiary alicyclic amines) is 2. The van der Waals surface area contributed by atoms with E-state index in [-0.39, 0.29) is 23.9 Å². The van der Waals surface area contributed by atoms with Crippen LogP contribution in [0.15, 0.2) is 0 Å². The van der Waals surface area contributed by atoms with Crippen LogP contribution in [0.1, 0.15) is 77.6 Å². The topological polar surface area (TPSA) is 73.0 Å². The second-order valence-electron chi connectivity index (χ2n) is 9.83. The molecule has 4 fully saturated rings. The summed E-state index contributed by atoms with van der Waals surface area (Å²) in [5.41, 5.74) is -0.699. The number of carbonyl (C=O) groups excluding carboxylic acids is 3. The number of nitrogens with zero attached hydrogens (tertiary/aromatic N) is 3. The third-order valence-corrected chi connectivity index (χ3v) is 7.87. The van der Waals surface area contributed by atoms with E-state index >= 15 is 0 Å². The van der Waals surface area contributed by atoms with E-state index in [1.165, 1.54) is 30.6 Å². The maximum Gasteiger partial charge on any atom is 0.325 e. The zero-order chi connectivity index (χ0) is 21.1. The van der Waals surface area contributed by atoms with E-state index in [1.807, 2.05) is 4.90 Å². The third kappa shape index (κ3) is 4.36. The summed E-state index contributed by atoms with van der Waals surface area (Å²) in [6.45, 7) is 6.25. The molecule has 7 heteroatoms. The molecule has 4 rings (SSSR count). The molecule has 0 bridgehead atoms. The van der Waals surface area contributed by atoms with Gasteiger partial charge in [-0.3, -0.25) is 14.5 Å². The molecule has 0 aromatic carbocycles. The number of nitrogens with one attached hydrogen (secondary N) is 1. The van der Waals surface area contributed by atoms with Crippen LogP contribution in [-0.2, 0) is 9.59 Å². The van der Waals surface area contributed by atoms with E-state index in [2.05, 4.69) is 17.1 Å². The second kappa shape index (κ2) is 9.25. The largest absolute Gasteiger partial charge is 0.343 e. The van der Waals surface area contributed by atoms with Gasteiger partial charge in [0.15, 0.2) is 0 Å². The summed E-state index contributed by atoms with van der Waals surface area (Å²) in [4.78, 5) is 44.4. The first-order chi connectivity index (χ1) is 14.5. The number of hydrogen-bond acceptors (Lipinski definition) is 4. The Morgan fingerprint density at radius 2 is 1.70 bits per heavy atom. The molecule has 1 spiro atoms. The Kier molecular flexibility index (Phi) is 6.66. The first-order valence-corrected chi connectivity index (χ1v) is 12.2. The SMILES string of the molecule is CCCN1CCC2(CC1)NC(=O)N(C1CCN(C(=O)CCC3CCCC3)CC1)C2=O. The molecule has 0 atom stereocenters. The normalized spacial score (nSPS) is 26.0. The predicted molar refractivity (Wildman–Crippen MR) is 115 cm³/mol. The second-order valence-corrected chi connectivity index (χ2v) is 9.83. The Morgan fingerprint density at radius 3 is 2.33 bits per heavy atom. The molecule has 0 unspecified atom stereocenters. The smallest absolute Gasteiger partial charge is 0.325 e. The van der Waals surface area contributed by atoms with Crippen molar-refractivity contribution in [3.63, 3.8) is 0 Å². The van der Waals surface area contributed by atoms with Crippen molar-refractivity contribution in [1.29, 1.82) is 0 Å². The Morgan fingerprint density at radius 1 is 1.03 bits per heavy atom. The van der Waals surface area contributed by atoms with Crippen LogP contribution < -0.4 is 5.32 Å². The van der Waals surface area contributed by atoms with E-state index in [0.717, 1.165) is 38.4 Å². The van der Waals surface area contributed by atoms with Crippen molar-refractivity contribution in [3.05, 3.63) is 0 Å². The molecule has 1 N–H and O–H groups in total. The molecule has 0 aromatic rings. The van der Waals surface area contributed by atoms with Crippen LogP contribution in [0.2, 0.25) is 0 Å². The number of urea groups is 1. The van der Waals surface area contributed by atoms with Gasteiger partial charge >= 0.3 is 6.03 Å². The Bertz CT molecular complexity index is 645. The molecule has 168 valence electrons. The monoisotopic (exact) mass is 418 g/mol. The first kappa shape index (κ1) is 21.6. The molecule has 3 heterocycles. The van der Waals surface area contributed by atoms with E-state index in [1.54, 1.807) is 0 Å². The lowest BCUT2D eigenvalue weighted by Crippen LogP contribution is -2.55. The van der Waals surface area contributed by atoms with Crippen LogP contribution in [0.25, 0.3) is 0 Å². The maximum atomic E-state index is 13.3. The minimum atomic E-state index is -0.699. The highest BCUT2D eigenvalue weighted by molar-refractivity contribution is 6.07. The van der Waals surface area contributed by atoms with E-state index < -0.39 is 5.54 Å². The molecule has 1 aliphatic carbocycles. The van der Waals surface area contributed by atoms with Gasteiger partial charge in [-0.05, 0) is 51.0 Å². The summed E-state index contributed by atoms with van der Waals surface area (Å²) in [5.74, 6) is 0.948. The fourth-order valence-corrected chi connectivity index (χ4v) is 5.94. The molecule has 3 saturated heterocycles. The van der Waals surface area contributed by atoms with Crippen molar-refractivity contribution in [3.8, 4) is 0 Å². The number of piperidine rings is 2. The number of imide groups is 1. The molecule has 1 saturated carbocycles. The van der Waals surface area contributed by atoms with Crippen LogP contribution in [0.5, 0.6) is 0 Å². The zero-order valence-corrected chi connectivity index (χ0v) is 18.5. The molecule has 3 aliphatic heterocycles. The van der Waals surface area contributed by atoms with Crippen molar-refractivity contribution in [2.45, 2.75) is 89.1 Å². The van der Waals surface area contributed by atoms with Gasteiger partial charge in [-0.15, -0.1) is 0 Å². The fraction of sp³-hybridized carbons (Fsp3) is 0.870. The number of hydrogen-bond donors (Lipinski definition) is 1. The van der Waals surface area contributed by atoms with Crippen molar-refractivity contribution < 1.29 is 14.4 Å². The van der Waals surface area contributed by atoms with Gasteiger partial charge in [-0.2, -0.15) is 0 Å². The lowest BCUT2D eigenvalue weighted by Gasteiger charge is -2.38. The van der Waals surface area contributed by atoms with Crippen molar-refractivity contribution in [1.82, 2.24) is 20.0 Å². The van der Waals surface area contributed by atoms with E-state index in [0.29, 0.717) is 45.2 Å². The van der Waals surface area contributed by atoms with Crippen LogP contribution >= 0.6 is 0 Å². The lowest BCUT2D eigenvalue weighted by molar-refractivity contribution is -0.136. The van der Waals surface area contributed by atoms with Gasteiger partial charge < -0.3 is 15.1 Å². The summed E-state index contributed by atoms with van der Waals surface area (Å²) < 4.78 is 0. The Balaban J connectivity index is 1.27. The highest BCUT2D eigenvalue weighted by Gasteiger charge is 2.54. The van der Waals surface area contributed by atoms with Crippen LogP contribution in [-0.4, -0.2) is 76.8 Å². The van der Waals surface area contributed by atoms with Crippen molar-refractivity contribution in [2.75, 3.05) is 32.7 Å². The quantitative estimate of drug-likeness (QED) is 0.673. The summed E-state index contributed by atoms with van der Waals surface area (Å²) in [7, 11) is 0. The maximum absolute atomic E-state index is 13.3. The molecule has 4 amide bonds. The first-order valence-electron chi connectivity index (χ1n) is 12.2. The molecular formula is C23H38N4O3. The van der Waals surface area contributed by atoms with Gasteiger partial charge in [0.25, 0.3) is 5.91 Å². The minimum absolute atomic E-state index is 0.0327. The van der Waals surface area contributed by atoms with Gasteiger partial charge in [-0.1, -0.05) is 32.6 Å². The van der Waals surface area contributed by atoms with Crippen LogP contribution in [0, 0.1) is 5.92 Å².